The number of aromatic nitrogens is 2. The fourth-order valence-electron chi connectivity index (χ4n) is 4.05. The van der Waals surface area contributed by atoms with Crippen LogP contribution < -0.4 is 10.9 Å². The molecule has 2 heterocycles. The third-order valence-corrected chi connectivity index (χ3v) is 5.75. The van der Waals surface area contributed by atoms with E-state index in [9.17, 15) is 14.0 Å². The Morgan fingerprint density at radius 1 is 1.13 bits per heavy atom. The van der Waals surface area contributed by atoms with Gasteiger partial charge in [0.2, 0.25) is 5.91 Å². The lowest BCUT2D eigenvalue weighted by molar-refractivity contribution is -0.122. The molecule has 1 aliphatic rings. The van der Waals surface area contributed by atoms with Gasteiger partial charge in [0.1, 0.15) is 11.6 Å². The number of benzene rings is 2. The molecule has 0 aliphatic carbocycles. The van der Waals surface area contributed by atoms with Crippen LogP contribution in [0.25, 0.3) is 10.9 Å². The number of fused-ring (bicyclic) bond motifs is 1. The first-order chi connectivity index (χ1) is 15.1. The summed E-state index contributed by atoms with van der Waals surface area (Å²) < 4.78 is 13.0. The van der Waals surface area contributed by atoms with E-state index in [2.05, 4.69) is 20.2 Å². The van der Waals surface area contributed by atoms with Gasteiger partial charge >= 0.3 is 0 Å². The Kier molecular flexibility index (Phi) is 6.72. The minimum atomic E-state index is -0.215. The highest BCUT2D eigenvalue weighted by Crippen LogP contribution is 2.15. The molecule has 6 nitrogen and oxygen atoms in total. The van der Waals surface area contributed by atoms with Crippen molar-refractivity contribution < 1.29 is 9.18 Å². The highest BCUT2D eigenvalue weighted by atomic mass is 19.1. The lowest BCUT2D eigenvalue weighted by Crippen LogP contribution is -2.44. The predicted molar refractivity (Wildman–Crippen MR) is 118 cm³/mol. The van der Waals surface area contributed by atoms with Gasteiger partial charge in [-0.1, -0.05) is 24.3 Å². The molecule has 0 unspecified atom stereocenters. The first kappa shape index (κ1) is 21.2. The molecule has 1 aromatic heterocycles. The van der Waals surface area contributed by atoms with E-state index in [0.717, 1.165) is 38.0 Å². The number of halogens is 1. The number of likely N-dealkylation sites (tertiary alicyclic amines) is 1. The second kappa shape index (κ2) is 9.83. The van der Waals surface area contributed by atoms with Crippen molar-refractivity contribution in [2.24, 2.45) is 0 Å². The fourth-order valence-corrected chi connectivity index (χ4v) is 4.05. The monoisotopic (exact) mass is 422 g/mol. The number of aryl methyl sites for hydroxylation is 1. The van der Waals surface area contributed by atoms with Crippen molar-refractivity contribution in [2.75, 3.05) is 13.1 Å². The number of rotatable bonds is 7. The third-order valence-electron chi connectivity index (χ3n) is 5.75. The number of carbonyl (C=O) groups excluding carboxylic acids is 1. The molecule has 2 N–H and O–H groups in total. The second-order valence-corrected chi connectivity index (χ2v) is 8.13. The van der Waals surface area contributed by atoms with E-state index in [4.69, 9.17) is 0 Å². The maximum Gasteiger partial charge on any atom is 0.258 e. The lowest BCUT2D eigenvalue weighted by Gasteiger charge is -2.32. The number of H-pyrrole nitrogens is 1. The van der Waals surface area contributed by atoms with Gasteiger partial charge in [-0.3, -0.25) is 14.5 Å². The summed E-state index contributed by atoms with van der Waals surface area (Å²) in [5, 5.41) is 3.71. The molecule has 1 amide bonds. The maximum absolute atomic E-state index is 13.0. The Balaban J connectivity index is 1.19. The first-order valence-corrected chi connectivity index (χ1v) is 10.8. The minimum Gasteiger partial charge on any atom is -0.353 e. The Morgan fingerprint density at radius 3 is 2.65 bits per heavy atom. The van der Waals surface area contributed by atoms with Crippen LogP contribution in [0.4, 0.5) is 4.39 Å². The van der Waals surface area contributed by atoms with E-state index in [1.54, 1.807) is 6.07 Å². The molecule has 3 aromatic rings. The number of para-hydroxylation sites is 1. The summed E-state index contributed by atoms with van der Waals surface area (Å²) >= 11 is 0. The Morgan fingerprint density at radius 2 is 1.87 bits per heavy atom. The summed E-state index contributed by atoms with van der Waals surface area (Å²) in [5.74, 6) is 0.443. The quantitative estimate of drug-likeness (QED) is 0.613. The average Bonchev–Trinajstić information content (AvgIpc) is 2.77. The van der Waals surface area contributed by atoms with Crippen LogP contribution in [0.15, 0.2) is 53.3 Å². The predicted octanol–water partition coefficient (Wildman–Crippen LogP) is 3.17. The van der Waals surface area contributed by atoms with Crippen molar-refractivity contribution in [1.29, 1.82) is 0 Å². The molecule has 2 aromatic carbocycles. The number of nitrogens with zero attached hydrogens (tertiary/aromatic N) is 2. The minimum absolute atomic E-state index is 0.0418. The number of hydrogen-bond acceptors (Lipinski definition) is 4. The van der Waals surface area contributed by atoms with Crippen LogP contribution in [0.3, 0.4) is 0 Å². The standard InChI is InChI=1S/C24H27FN4O2/c25-18-10-8-17(9-11-18)16-29-14-12-19(13-15-29)26-23(30)7-3-6-22-27-21-5-2-1-4-20(21)24(31)28-22/h1-2,4-5,8-11,19H,3,6-7,12-16H2,(H,26,30)(H,27,28,31). The van der Waals surface area contributed by atoms with Crippen LogP contribution in [0, 0.1) is 5.82 Å². The molecule has 162 valence electrons. The van der Waals surface area contributed by atoms with Crippen molar-refractivity contribution in [3.05, 3.63) is 76.1 Å². The van der Waals surface area contributed by atoms with Crippen molar-refractivity contribution >= 4 is 16.8 Å². The molecule has 31 heavy (non-hydrogen) atoms. The Hall–Kier alpha value is -3.06. The van der Waals surface area contributed by atoms with Gasteiger partial charge in [0.25, 0.3) is 5.56 Å². The van der Waals surface area contributed by atoms with Gasteiger partial charge in [0.05, 0.1) is 10.9 Å². The summed E-state index contributed by atoms with van der Waals surface area (Å²) in [7, 11) is 0. The summed E-state index contributed by atoms with van der Waals surface area (Å²) in [4.78, 5) is 34.1. The highest BCUT2D eigenvalue weighted by molar-refractivity contribution is 5.77. The molecule has 0 radical (unpaired) electrons. The van der Waals surface area contributed by atoms with Crippen molar-refractivity contribution in [3.8, 4) is 0 Å². The average molecular weight is 423 g/mol. The number of aromatic amines is 1. The van der Waals surface area contributed by atoms with E-state index < -0.39 is 0 Å². The van der Waals surface area contributed by atoms with E-state index in [-0.39, 0.29) is 23.3 Å². The van der Waals surface area contributed by atoms with Crippen LogP contribution in [-0.2, 0) is 17.8 Å². The maximum atomic E-state index is 13.0. The molecular weight excluding hydrogens is 395 g/mol. The van der Waals surface area contributed by atoms with Crippen molar-refractivity contribution in [2.45, 2.75) is 44.7 Å². The van der Waals surface area contributed by atoms with Gasteiger partial charge in [-0.05, 0) is 49.1 Å². The Bertz CT molecular complexity index is 1090. The summed E-state index contributed by atoms with van der Waals surface area (Å²) in [6, 6.07) is 14.1. The van der Waals surface area contributed by atoms with Gasteiger partial charge in [0, 0.05) is 38.5 Å². The van der Waals surface area contributed by atoms with E-state index in [1.807, 2.05) is 30.3 Å². The Labute approximate surface area is 180 Å². The van der Waals surface area contributed by atoms with Crippen LogP contribution in [0.5, 0.6) is 0 Å². The van der Waals surface area contributed by atoms with Gasteiger partial charge < -0.3 is 10.3 Å². The molecule has 7 heteroatoms. The molecule has 1 fully saturated rings. The summed E-state index contributed by atoms with van der Waals surface area (Å²) in [6.07, 6.45) is 3.42. The SMILES string of the molecule is O=C(CCCc1nc2ccccc2c(=O)[nH]1)NC1CCN(Cc2ccc(F)cc2)CC1. The molecule has 0 bridgehead atoms. The molecular formula is C24H27FN4O2. The highest BCUT2D eigenvalue weighted by Gasteiger charge is 2.20. The topological polar surface area (TPSA) is 78.1 Å². The van der Waals surface area contributed by atoms with Gasteiger partial charge in [-0.25, -0.2) is 9.37 Å². The smallest absolute Gasteiger partial charge is 0.258 e. The number of piperidine rings is 1. The van der Waals surface area contributed by atoms with Gasteiger partial charge in [-0.15, -0.1) is 0 Å². The molecule has 0 spiro atoms. The normalized spacial score (nSPS) is 15.3. The zero-order valence-electron chi connectivity index (χ0n) is 17.4. The van der Waals surface area contributed by atoms with Crippen LogP contribution >= 0.6 is 0 Å². The lowest BCUT2D eigenvalue weighted by atomic mass is 10.0. The molecule has 1 aliphatic heterocycles. The van der Waals surface area contributed by atoms with E-state index in [0.29, 0.717) is 36.0 Å². The van der Waals surface area contributed by atoms with Crippen LogP contribution in [-0.4, -0.2) is 39.9 Å². The molecule has 1 saturated heterocycles. The van der Waals surface area contributed by atoms with Crippen molar-refractivity contribution in [3.63, 3.8) is 0 Å². The van der Waals surface area contributed by atoms with E-state index >= 15 is 0 Å². The third kappa shape index (κ3) is 5.76. The zero-order valence-corrected chi connectivity index (χ0v) is 17.4. The van der Waals surface area contributed by atoms with Crippen LogP contribution in [0.2, 0.25) is 0 Å². The summed E-state index contributed by atoms with van der Waals surface area (Å²) in [5.41, 5.74) is 1.64. The number of amides is 1. The zero-order chi connectivity index (χ0) is 21.6. The van der Waals surface area contributed by atoms with Gasteiger partial charge in [-0.2, -0.15) is 0 Å². The molecule has 0 atom stereocenters. The number of carbonyl (C=O) groups is 1. The first-order valence-electron chi connectivity index (χ1n) is 10.8. The fraction of sp³-hybridized carbons (Fsp3) is 0.375. The van der Waals surface area contributed by atoms with Crippen LogP contribution in [0.1, 0.15) is 37.1 Å². The molecule has 0 saturated carbocycles. The second-order valence-electron chi connectivity index (χ2n) is 8.13. The number of nitrogens with one attached hydrogen (secondary N) is 2. The van der Waals surface area contributed by atoms with E-state index in [1.165, 1.54) is 12.1 Å². The van der Waals surface area contributed by atoms with Crippen molar-refractivity contribution in [1.82, 2.24) is 20.2 Å². The van der Waals surface area contributed by atoms with Gasteiger partial charge in [0.15, 0.2) is 0 Å². The number of hydrogen-bond donors (Lipinski definition) is 2. The summed E-state index contributed by atoms with van der Waals surface area (Å²) in [6.45, 7) is 2.62. The molecule has 4 rings (SSSR count). The largest absolute Gasteiger partial charge is 0.353 e.